The highest BCUT2D eigenvalue weighted by Crippen LogP contribution is 2.20. The maximum Gasteiger partial charge on any atom is 0.409 e. The molecule has 3 heterocycles. The van der Waals surface area contributed by atoms with Gasteiger partial charge in [0, 0.05) is 50.5 Å². The summed E-state index contributed by atoms with van der Waals surface area (Å²) in [4.78, 5) is 28.5. The molecule has 0 radical (unpaired) electrons. The Morgan fingerprint density at radius 2 is 2.00 bits per heavy atom. The van der Waals surface area contributed by atoms with Crippen LogP contribution in [0, 0.1) is 0 Å². The predicted octanol–water partition coefficient (Wildman–Crippen LogP) is 1.48. The number of hydrogen-bond donors (Lipinski definition) is 0. The Morgan fingerprint density at radius 3 is 2.68 bits per heavy atom. The van der Waals surface area contributed by atoms with Gasteiger partial charge in [-0.2, -0.15) is 0 Å². The number of amides is 1. The van der Waals surface area contributed by atoms with Gasteiger partial charge in [-0.05, 0) is 6.07 Å². The number of nitrogens with zero attached hydrogens (tertiary/aromatic N) is 5. The number of ether oxygens (including phenoxy) is 1. The maximum atomic E-state index is 11.5. The molecule has 116 valence electrons. The zero-order valence-electron chi connectivity index (χ0n) is 12.3. The molecular formula is C14H17N5O2S. The van der Waals surface area contributed by atoms with Crippen LogP contribution in [0.4, 0.5) is 4.79 Å². The van der Waals surface area contributed by atoms with Crippen LogP contribution in [0.1, 0.15) is 5.69 Å². The van der Waals surface area contributed by atoms with Gasteiger partial charge in [0.05, 0.1) is 12.8 Å². The lowest BCUT2D eigenvalue weighted by atomic mass is 10.3. The summed E-state index contributed by atoms with van der Waals surface area (Å²) in [6, 6.07) is 1.79. The predicted molar refractivity (Wildman–Crippen MR) is 82.4 cm³/mol. The molecule has 0 unspecified atom stereocenters. The fraction of sp³-hybridized carbons (Fsp3) is 0.429. The van der Waals surface area contributed by atoms with E-state index in [0.29, 0.717) is 18.9 Å². The third kappa shape index (κ3) is 3.40. The van der Waals surface area contributed by atoms with Crippen molar-refractivity contribution in [3.63, 3.8) is 0 Å². The highest BCUT2D eigenvalue weighted by atomic mass is 32.1. The Kier molecular flexibility index (Phi) is 4.59. The first kappa shape index (κ1) is 14.9. The molecule has 0 bridgehead atoms. The largest absolute Gasteiger partial charge is 0.453 e. The second-order valence-electron chi connectivity index (χ2n) is 4.95. The molecule has 8 heteroatoms. The summed E-state index contributed by atoms with van der Waals surface area (Å²) in [5.41, 5.74) is 1.01. The second kappa shape index (κ2) is 6.80. The number of carbonyl (C=O) groups is 1. The van der Waals surface area contributed by atoms with Gasteiger partial charge < -0.3 is 9.64 Å². The first-order valence-corrected chi connectivity index (χ1v) is 7.91. The molecule has 1 aliphatic heterocycles. The molecule has 2 aromatic rings. The summed E-state index contributed by atoms with van der Waals surface area (Å²) in [6.45, 7) is 3.79. The molecule has 0 aliphatic carbocycles. The van der Waals surface area contributed by atoms with Gasteiger partial charge in [0.2, 0.25) is 0 Å². The monoisotopic (exact) mass is 319 g/mol. The van der Waals surface area contributed by atoms with Gasteiger partial charge in [0.15, 0.2) is 10.8 Å². The molecular weight excluding hydrogens is 302 g/mol. The molecule has 0 N–H and O–H groups in total. The Bertz CT molecular complexity index is 625. The standard InChI is InChI=1S/C14H17N5O2S/c1-21-14(20)19-7-5-18(6-8-19)9-11-10-22-13(17-11)12-15-3-2-4-16-12/h2-4,10H,5-9H2,1H3. The van der Waals surface area contributed by atoms with E-state index < -0.39 is 0 Å². The number of piperazine rings is 1. The van der Waals surface area contributed by atoms with E-state index in [1.54, 1.807) is 34.7 Å². The van der Waals surface area contributed by atoms with E-state index in [1.165, 1.54) is 7.11 Å². The quantitative estimate of drug-likeness (QED) is 0.853. The van der Waals surface area contributed by atoms with Crippen LogP contribution in [0.3, 0.4) is 0 Å². The van der Waals surface area contributed by atoms with E-state index in [-0.39, 0.29) is 6.09 Å². The van der Waals surface area contributed by atoms with Crippen molar-refractivity contribution in [2.24, 2.45) is 0 Å². The van der Waals surface area contributed by atoms with Crippen molar-refractivity contribution in [3.05, 3.63) is 29.5 Å². The Morgan fingerprint density at radius 1 is 1.27 bits per heavy atom. The van der Waals surface area contributed by atoms with Crippen molar-refractivity contribution in [2.45, 2.75) is 6.54 Å². The molecule has 3 rings (SSSR count). The molecule has 1 fully saturated rings. The number of rotatable bonds is 3. The van der Waals surface area contributed by atoms with Gasteiger partial charge >= 0.3 is 6.09 Å². The summed E-state index contributed by atoms with van der Waals surface area (Å²) in [6.07, 6.45) is 3.18. The van der Waals surface area contributed by atoms with Crippen LogP contribution < -0.4 is 0 Å². The van der Waals surface area contributed by atoms with E-state index >= 15 is 0 Å². The number of aromatic nitrogens is 3. The van der Waals surface area contributed by atoms with Crippen molar-refractivity contribution in [2.75, 3.05) is 33.3 Å². The summed E-state index contributed by atoms with van der Waals surface area (Å²) in [5.74, 6) is 0.661. The maximum absolute atomic E-state index is 11.5. The Labute approximate surface area is 132 Å². The number of hydrogen-bond acceptors (Lipinski definition) is 7. The summed E-state index contributed by atoms with van der Waals surface area (Å²) in [5, 5.41) is 2.88. The molecule has 0 saturated carbocycles. The highest BCUT2D eigenvalue weighted by Gasteiger charge is 2.22. The number of carbonyl (C=O) groups excluding carboxylic acids is 1. The van der Waals surface area contributed by atoms with Crippen LogP contribution in [-0.4, -0.2) is 64.1 Å². The van der Waals surface area contributed by atoms with E-state index in [4.69, 9.17) is 4.74 Å². The Balaban J connectivity index is 1.57. The second-order valence-corrected chi connectivity index (χ2v) is 5.81. The van der Waals surface area contributed by atoms with Crippen LogP contribution >= 0.6 is 11.3 Å². The van der Waals surface area contributed by atoms with Gasteiger partial charge in [0.1, 0.15) is 0 Å². The average molecular weight is 319 g/mol. The Hall–Kier alpha value is -2.06. The molecule has 0 aromatic carbocycles. The molecule has 1 amide bonds. The molecule has 0 atom stereocenters. The van der Waals surface area contributed by atoms with Crippen molar-refractivity contribution >= 4 is 17.4 Å². The lowest BCUT2D eigenvalue weighted by Gasteiger charge is -2.33. The van der Waals surface area contributed by atoms with E-state index in [1.807, 2.05) is 5.38 Å². The summed E-state index contributed by atoms with van der Waals surface area (Å²) < 4.78 is 4.74. The first-order valence-electron chi connectivity index (χ1n) is 7.03. The third-order valence-corrected chi connectivity index (χ3v) is 4.39. The van der Waals surface area contributed by atoms with Gasteiger partial charge in [-0.3, -0.25) is 4.90 Å². The van der Waals surface area contributed by atoms with Crippen LogP contribution in [0.25, 0.3) is 10.8 Å². The number of methoxy groups -OCH3 is 1. The lowest BCUT2D eigenvalue weighted by molar-refractivity contribution is 0.0886. The SMILES string of the molecule is COC(=O)N1CCN(Cc2csc(-c3ncccn3)n2)CC1. The molecule has 1 aliphatic rings. The van der Waals surface area contributed by atoms with E-state index in [0.717, 1.165) is 30.3 Å². The zero-order valence-corrected chi connectivity index (χ0v) is 13.1. The smallest absolute Gasteiger partial charge is 0.409 e. The third-order valence-electron chi connectivity index (χ3n) is 3.50. The van der Waals surface area contributed by atoms with Crippen molar-refractivity contribution in [1.29, 1.82) is 0 Å². The van der Waals surface area contributed by atoms with Crippen molar-refractivity contribution in [3.8, 4) is 10.8 Å². The topological polar surface area (TPSA) is 71.5 Å². The minimum Gasteiger partial charge on any atom is -0.453 e. The van der Waals surface area contributed by atoms with Gasteiger partial charge in [0.25, 0.3) is 0 Å². The minimum absolute atomic E-state index is 0.253. The van der Waals surface area contributed by atoms with Crippen LogP contribution in [0.5, 0.6) is 0 Å². The molecule has 7 nitrogen and oxygen atoms in total. The van der Waals surface area contributed by atoms with Gasteiger partial charge in [-0.25, -0.2) is 19.7 Å². The summed E-state index contributed by atoms with van der Waals surface area (Å²) in [7, 11) is 1.41. The fourth-order valence-corrected chi connectivity index (χ4v) is 3.09. The zero-order chi connectivity index (χ0) is 15.4. The lowest BCUT2D eigenvalue weighted by Crippen LogP contribution is -2.48. The molecule has 2 aromatic heterocycles. The van der Waals surface area contributed by atoms with Gasteiger partial charge in [-0.15, -0.1) is 11.3 Å². The minimum atomic E-state index is -0.253. The molecule has 1 saturated heterocycles. The average Bonchev–Trinajstić information content (AvgIpc) is 3.04. The van der Waals surface area contributed by atoms with Crippen molar-refractivity contribution in [1.82, 2.24) is 24.8 Å². The molecule has 22 heavy (non-hydrogen) atoms. The molecule has 0 spiro atoms. The normalized spacial score (nSPS) is 15.8. The van der Waals surface area contributed by atoms with Gasteiger partial charge in [-0.1, -0.05) is 0 Å². The van der Waals surface area contributed by atoms with E-state index in [9.17, 15) is 4.79 Å². The van der Waals surface area contributed by atoms with E-state index in [2.05, 4.69) is 19.9 Å². The highest BCUT2D eigenvalue weighted by molar-refractivity contribution is 7.13. The van der Waals surface area contributed by atoms with Crippen LogP contribution in [0.15, 0.2) is 23.8 Å². The van der Waals surface area contributed by atoms with Crippen LogP contribution in [0.2, 0.25) is 0 Å². The van der Waals surface area contributed by atoms with Crippen LogP contribution in [-0.2, 0) is 11.3 Å². The fourth-order valence-electron chi connectivity index (χ4n) is 2.34. The number of thiazole rings is 1. The van der Waals surface area contributed by atoms with Crippen molar-refractivity contribution < 1.29 is 9.53 Å². The summed E-state index contributed by atoms with van der Waals surface area (Å²) >= 11 is 1.55. The first-order chi connectivity index (χ1) is 10.8.